The van der Waals surface area contributed by atoms with Crippen molar-refractivity contribution in [3.8, 4) is 11.5 Å². The molecule has 1 aliphatic rings. The number of rotatable bonds is 14. The number of fused-ring (bicyclic) bond motifs is 1. The maximum Gasteiger partial charge on any atom is 0.320 e. The Hall–Kier alpha value is -4.39. The number of hydrogen-bond donors (Lipinski definition) is 2. The number of carboxylic acid groups (broad SMARTS) is 1. The molecule has 4 aromatic carbocycles. The van der Waals surface area contributed by atoms with Crippen LogP contribution in [0.2, 0.25) is 0 Å². The summed E-state index contributed by atoms with van der Waals surface area (Å²) in [5.74, 6) is 0.695. The van der Waals surface area contributed by atoms with Crippen LogP contribution in [0.25, 0.3) is 6.08 Å². The molecule has 0 unspecified atom stereocenters. The van der Waals surface area contributed by atoms with Crippen LogP contribution < -0.4 is 15.2 Å². The van der Waals surface area contributed by atoms with Gasteiger partial charge in [0, 0.05) is 36.3 Å². The fourth-order valence-electron chi connectivity index (χ4n) is 5.48. The van der Waals surface area contributed by atoms with E-state index in [1.165, 1.54) is 16.7 Å². The maximum atomic E-state index is 11.6. The van der Waals surface area contributed by atoms with Crippen LogP contribution in [-0.4, -0.2) is 28.6 Å². The summed E-state index contributed by atoms with van der Waals surface area (Å²) in [5.41, 5.74) is 15.0. The van der Waals surface area contributed by atoms with Gasteiger partial charge in [-0.05, 0) is 49.4 Å². The summed E-state index contributed by atoms with van der Waals surface area (Å²) >= 11 is 0. The summed E-state index contributed by atoms with van der Waals surface area (Å²) in [7, 11) is 0. The molecule has 0 fully saturated rings. The second-order valence-electron chi connectivity index (χ2n) is 11.3. The van der Waals surface area contributed by atoms with Crippen LogP contribution in [0.4, 0.5) is 0 Å². The van der Waals surface area contributed by atoms with E-state index in [0.29, 0.717) is 39.3 Å². The standard InChI is InChI=1S/C37H40N2O4/c1-26-8-5-10-28(20-26)24-42-35-15-4-3-12-31(35)22-39(19-18-34(38)37(40)41)23-32-17-16-30-13-7-14-33(30)36(32)43-25-29-11-6-9-27(2)21-29/h3-12,14-17,20-21,34H,13,18-19,22-25,38H2,1-2H3,(H,40,41)/t34-/m0/s1. The van der Waals surface area contributed by atoms with Gasteiger partial charge in [0.2, 0.25) is 0 Å². The Kier molecular flexibility index (Phi) is 9.92. The zero-order chi connectivity index (χ0) is 30.2. The SMILES string of the molecule is Cc1cccc(COc2ccccc2CN(CC[C@H](N)C(=O)O)Cc2ccc3c(c2OCc2cccc(C)c2)C=CC3)c1. The van der Waals surface area contributed by atoms with Gasteiger partial charge in [-0.25, -0.2) is 0 Å². The monoisotopic (exact) mass is 576 g/mol. The van der Waals surface area contributed by atoms with Crippen molar-refractivity contribution in [1.29, 1.82) is 0 Å². The van der Waals surface area contributed by atoms with Gasteiger partial charge in [-0.15, -0.1) is 0 Å². The predicted octanol–water partition coefficient (Wildman–Crippen LogP) is 6.83. The van der Waals surface area contributed by atoms with Crippen molar-refractivity contribution in [2.24, 2.45) is 5.73 Å². The molecule has 0 saturated heterocycles. The molecular formula is C37H40N2O4. The van der Waals surface area contributed by atoms with E-state index in [4.69, 9.17) is 15.2 Å². The van der Waals surface area contributed by atoms with Gasteiger partial charge in [0.25, 0.3) is 0 Å². The minimum Gasteiger partial charge on any atom is -0.489 e. The van der Waals surface area contributed by atoms with Crippen LogP contribution in [0.1, 0.15) is 50.9 Å². The van der Waals surface area contributed by atoms with E-state index < -0.39 is 12.0 Å². The van der Waals surface area contributed by atoms with Crippen molar-refractivity contribution < 1.29 is 19.4 Å². The summed E-state index contributed by atoms with van der Waals surface area (Å²) in [6.45, 7) is 6.74. The largest absolute Gasteiger partial charge is 0.489 e. The molecule has 4 aromatic rings. The van der Waals surface area contributed by atoms with Crippen molar-refractivity contribution in [2.75, 3.05) is 6.54 Å². The van der Waals surface area contributed by atoms with Crippen LogP contribution in [0.15, 0.2) is 91.0 Å². The number of nitrogens with two attached hydrogens (primary N) is 1. The zero-order valence-corrected chi connectivity index (χ0v) is 25.0. The van der Waals surface area contributed by atoms with Gasteiger partial charge in [0.15, 0.2) is 0 Å². The number of hydrogen-bond acceptors (Lipinski definition) is 5. The summed E-state index contributed by atoms with van der Waals surface area (Å²) < 4.78 is 12.8. The van der Waals surface area contributed by atoms with Crippen LogP contribution in [-0.2, 0) is 37.5 Å². The van der Waals surface area contributed by atoms with Crippen molar-refractivity contribution in [1.82, 2.24) is 4.90 Å². The maximum absolute atomic E-state index is 11.6. The minimum absolute atomic E-state index is 0.325. The van der Waals surface area contributed by atoms with E-state index in [2.05, 4.69) is 91.6 Å². The molecule has 43 heavy (non-hydrogen) atoms. The summed E-state index contributed by atoms with van der Waals surface area (Å²) in [6.07, 6.45) is 5.52. The van der Waals surface area contributed by atoms with Crippen molar-refractivity contribution in [2.45, 2.75) is 59.0 Å². The Morgan fingerprint density at radius 1 is 0.860 bits per heavy atom. The molecule has 3 N–H and O–H groups in total. The highest BCUT2D eigenvalue weighted by atomic mass is 16.5. The summed E-state index contributed by atoms with van der Waals surface area (Å²) in [4.78, 5) is 13.8. The van der Waals surface area contributed by atoms with Crippen LogP contribution in [0, 0.1) is 13.8 Å². The lowest BCUT2D eigenvalue weighted by atomic mass is 10.0. The molecular weight excluding hydrogens is 536 g/mol. The fraction of sp³-hybridized carbons (Fsp3) is 0.270. The number of carbonyl (C=O) groups is 1. The first kappa shape index (κ1) is 30.1. The van der Waals surface area contributed by atoms with Gasteiger partial charge in [-0.2, -0.15) is 0 Å². The van der Waals surface area contributed by atoms with Crippen LogP contribution in [0.3, 0.4) is 0 Å². The summed E-state index contributed by atoms with van der Waals surface area (Å²) in [5, 5.41) is 9.47. The van der Waals surface area contributed by atoms with E-state index in [9.17, 15) is 9.90 Å². The Balaban J connectivity index is 1.39. The molecule has 1 aliphatic carbocycles. The smallest absolute Gasteiger partial charge is 0.320 e. The predicted molar refractivity (Wildman–Crippen MR) is 171 cm³/mol. The highest BCUT2D eigenvalue weighted by Crippen LogP contribution is 2.35. The lowest BCUT2D eigenvalue weighted by Crippen LogP contribution is -2.35. The molecule has 0 saturated carbocycles. The van der Waals surface area contributed by atoms with Gasteiger partial charge in [0.1, 0.15) is 30.8 Å². The number of allylic oxidation sites excluding steroid dienone is 1. The number of para-hydroxylation sites is 1. The number of aryl methyl sites for hydroxylation is 2. The Morgan fingerprint density at radius 3 is 2.23 bits per heavy atom. The quantitative estimate of drug-likeness (QED) is 0.171. The molecule has 5 rings (SSSR count). The first-order valence-corrected chi connectivity index (χ1v) is 14.8. The molecule has 0 amide bonds. The van der Waals surface area contributed by atoms with Crippen LogP contribution >= 0.6 is 0 Å². The highest BCUT2D eigenvalue weighted by Gasteiger charge is 2.21. The van der Waals surface area contributed by atoms with Crippen molar-refractivity contribution in [3.63, 3.8) is 0 Å². The van der Waals surface area contributed by atoms with E-state index in [1.807, 2.05) is 24.3 Å². The van der Waals surface area contributed by atoms with E-state index >= 15 is 0 Å². The third-order valence-corrected chi connectivity index (χ3v) is 7.77. The first-order chi connectivity index (χ1) is 20.9. The molecule has 0 spiro atoms. The van der Waals surface area contributed by atoms with Gasteiger partial charge in [-0.1, -0.05) is 102 Å². The van der Waals surface area contributed by atoms with Gasteiger partial charge in [0.05, 0.1) is 0 Å². The second kappa shape index (κ2) is 14.2. The van der Waals surface area contributed by atoms with E-state index in [0.717, 1.165) is 45.7 Å². The zero-order valence-electron chi connectivity index (χ0n) is 25.0. The third-order valence-electron chi connectivity index (χ3n) is 7.77. The lowest BCUT2D eigenvalue weighted by molar-refractivity contribution is -0.138. The average Bonchev–Trinajstić information content (AvgIpc) is 3.48. The number of aliphatic carboxylic acids is 1. The molecule has 0 heterocycles. The van der Waals surface area contributed by atoms with Crippen molar-refractivity contribution >= 4 is 12.0 Å². The average molecular weight is 577 g/mol. The van der Waals surface area contributed by atoms with Gasteiger partial charge >= 0.3 is 5.97 Å². The normalized spacial score (nSPS) is 12.7. The molecule has 222 valence electrons. The number of carboxylic acids is 1. The molecule has 0 bridgehead atoms. The molecule has 6 nitrogen and oxygen atoms in total. The second-order valence-corrected chi connectivity index (χ2v) is 11.3. The molecule has 6 heteroatoms. The topological polar surface area (TPSA) is 85.0 Å². The number of benzene rings is 4. The van der Waals surface area contributed by atoms with E-state index in [-0.39, 0.29) is 0 Å². The molecule has 0 aliphatic heterocycles. The highest BCUT2D eigenvalue weighted by molar-refractivity contribution is 5.73. The van der Waals surface area contributed by atoms with E-state index in [1.54, 1.807) is 0 Å². The lowest BCUT2D eigenvalue weighted by Gasteiger charge is -2.26. The Bertz CT molecular complexity index is 1600. The fourth-order valence-corrected chi connectivity index (χ4v) is 5.48. The Morgan fingerprint density at radius 2 is 1.53 bits per heavy atom. The number of nitrogens with zero attached hydrogens (tertiary/aromatic N) is 1. The van der Waals surface area contributed by atoms with Gasteiger partial charge in [-0.3, -0.25) is 9.69 Å². The number of ether oxygens (including phenoxy) is 2. The first-order valence-electron chi connectivity index (χ1n) is 14.8. The van der Waals surface area contributed by atoms with Gasteiger partial charge < -0.3 is 20.3 Å². The summed E-state index contributed by atoms with van der Waals surface area (Å²) in [6, 6.07) is 28.1. The molecule has 1 atom stereocenters. The third kappa shape index (κ3) is 8.13. The minimum atomic E-state index is -0.994. The Labute approximate surface area is 254 Å². The van der Waals surface area contributed by atoms with Crippen molar-refractivity contribution in [3.05, 3.63) is 136 Å². The molecule has 0 radical (unpaired) electrons. The molecule has 0 aromatic heterocycles. The van der Waals surface area contributed by atoms with Crippen LogP contribution in [0.5, 0.6) is 11.5 Å².